The number of aliphatic hydroxyl groups excluding tert-OH is 1. The number of hydrogen-bond acceptors (Lipinski definition) is 1. The molecular formula is C17H30O. The highest BCUT2D eigenvalue weighted by molar-refractivity contribution is 5.22. The molecule has 0 aromatic carbocycles. The van der Waals surface area contributed by atoms with E-state index in [1.807, 2.05) is 0 Å². The molecule has 1 N–H and O–H groups in total. The van der Waals surface area contributed by atoms with Crippen LogP contribution in [-0.4, -0.2) is 11.7 Å². The van der Waals surface area contributed by atoms with Crippen LogP contribution >= 0.6 is 0 Å². The molecule has 2 rings (SSSR count). The summed E-state index contributed by atoms with van der Waals surface area (Å²) in [6.07, 6.45) is 7.72. The highest BCUT2D eigenvalue weighted by Crippen LogP contribution is 2.58. The van der Waals surface area contributed by atoms with Gasteiger partial charge in [-0.1, -0.05) is 52.7 Å². The van der Waals surface area contributed by atoms with Crippen molar-refractivity contribution in [3.05, 3.63) is 11.6 Å². The molecule has 18 heavy (non-hydrogen) atoms. The van der Waals surface area contributed by atoms with Crippen LogP contribution in [0, 0.1) is 28.6 Å². The maximum Gasteiger partial charge on any atom is 0.0493 e. The maximum atomic E-state index is 9.54. The van der Waals surface area contributed by atoms with Crippen LogP contribution in [0.25, 0.3) is 0 Å². The molecule has 2 aliphatic rings. The molecule has 0 bridgehead atoms. The first-order valence-electron chi connectivity index (χ1n) is 7.60. The number of hydrogen-bond donors (Lipinski definition) is 1. The van der Waals surface area contributed by atoms with Crippen LogP contribution in [0.5, 0.6) is 0 Å². The summed E-state index contributed by atoms with van der Waals surface area (Å²) in [5.41, 5.74) is 2.38. The summed E-state index contributed by atoms with van der Waals surface area (Å²) in [7, 11) is 0. The van der Waals surface area contributed by atoms with Crippen molar-refractivity contribution in [2.45, 2.75) is 60.3 Å². The second-order valence-electron chi connectivity index (χ2n) is 7.95. The van der Waals surface area contributed by atoms with Crippen LogP contribution in [0.2, 0.25) is 0 Å². The fraction of sp³-hybridized carbons (Fsp3) is 0.882. The fourth-order valence-corrected chi connectivity index (χ4v) is 4.44. The van der Waals surface area contributed by atoms with Gasteiger partial charge in [-0.15, -0.1) is 0 Å². The Labute approximate surface area is 113 Å². The van der Waals surface area contributed by atoms with Gasteiger partial charge in [-0.3, -0.25) is 0 Å². The van der Waals surface area contributed by atoms with Gasteiger partial charge in [0.15, 0.2) is 0 Å². The highest BCUT2D eigenvalue weighted by atomic mass is 16.3. The summed E-state index contributed by atoms with van der Waals surface area (Å²) in [5, 5.41) is 9.54. The Hall–Kier alpha value is -0.300. The summed E-state index contributed by atoms with van der Waals surface area (Å²) in [6.45, 7) is 12.2. The largest absolute Gasteiger partial charge is 0.396 e. The molecule has 0 spiro atoms. The van der Waals surface area contributed by atoms with Crippen LogP contribution in [-0.2, 0) is 0 Å². The van der Waals surface area contributed by atoms with E-state index in [4.69, 9.17) is 0 Å². The Kier molecular flexibility index (Phi) is 3.66. The summed E-state index contributed by atoms with van der Waals surface area (Å²) < 4.78 is 0. The zero-order valence-electron chi connectivity index (χ0n) is 12.8. The van der Waals surface area contributed by atoms with E-state index in [0.717, 1.165) is 5.92 Å². The molecule has 1 fully saturated rings. The van der Waals surface area contributed by atoms with E-state index >= 15 is 0 Å². The van der Waals surface area contributed by atoms with Crippen molar-refractivity contribution in [1.29, 1.82) is 0 Å². The lowest BCUT2D eigenvalue weighted by molar-refractivity contribution is 0.00765. The van der Waals surface area contributed by atoms with E-state index in [0.29, 0.717) is 29.3 Å². The van der Waals surface area contributed by atoms with Gasteiger partial charge in [0, 0.05) is 12.5 Å². The SMILES string of the molecule is CC(CO)C1=CCC(C)(C)C2CCCC(C)(C)C12. The molecule has 0 saturated heterocycles. The lowest BCUT2D eigenvalue weighted by Gasteiger charge is -2.54. The Bertz CT molecular complexity index is 338. The lowest BCUT2D eigenvalue weighted by Crippen LogP contribution is -2.46. The van der Waals surface area contributed by atoms with E-state index in [2.05, 4.69) is 40.7 Å². The molecule has 1 nitrogen and oxygen atoms in total. The first-order valence-corrected chi connectivity index (χ1v) is 7.60. The molecule has 0 heterocycles. The van der Waals surface area contributed by atoms with Crippen LogP contribution in [0.4, 0.5) is 0 Å². The van der Waals surface area contributed by atoms with Gasteiger partial charge < -0.3 is 5.11 Å². The number of aliphatic hydroxyl groups is 1. The second kappa shape index (κ2) is 4.67. The van der Waals surface area contributed by atoms with Gasteiger partial charge >= 0.3 is 0 Å². The first kappa shape index (κ1) is 14.1. The molecule has 0 aliphatic heterocycles. The number of fused-ring (bicyclic) bond motifs is 1. The van der Waals surface area contributed by atoms with Gasteiger partial charge in [-0.2, -0.15) is 0 Å². The van der Waals surface area contributed by atoms with Crippen molar-refractivity contribution in [3.8, 4) is 0 Å². The van der Waals surface area contributed by atoms with Gasteiger partial charge in [-0.05, 0) is 41.9 Å². The van der Waals surface area contributed by atoms with Crippen molar-refractivity contribution >= 4 is 0 Å². The Balaban J connectivity index is 2.40. The normalized spacial score (nSPS) is 35.6. The molecule has 2 aliphatic carbocycles. The molecule has 3 atom stereocenters. The molecule has 1 heteroatoms. The Morgan fingerprint density at radius 3 is 2.56 bits per heavy atom. The first-order chi connectivity index (χ1) is 8.29. The van der Waals surface area contributed by atoms with Gasteiger partial charge in [0.05, 0.1) is 0 Å². The number of allylic oxidation sites excluding steroid dienone is 1. The molecule has 0 radical (unpaired) electrons. The quantitative estimate of drug-likeness (QED) is 0.720. The minimum absolute atomic E-state index is 0.297. The van der Waals surface area contributed by atoms with Crippen LogP contribution in [0.15, 0.2) is 11.6 Å². The van der Waals surface area contributed by atoms with E-state index in [-0.39, 0.29) is 0 Å². The van der Waals surface area contributed by atoms with Gasteiger partial charge in [0.1, 0.15) is 0 Å². The Morgan fingerprint density at radius 1 is 1.28 bits per heavy atom. The summed E-state index contributed by atoms with van der Waals surface area (Å²) in [4.78, 5) is 0. The van der Waals surface area contributed by atoms with Crippen LogP contribution < -0.4 is 0 Å². The van der Waals surface area contributed by atoms with Gasteiger partial charge in [0.2, 0.25) is 0 Å². The molecule has 3 unspecified atom stereocenters. The third-order valence-electron chi connectivity index (χ3n) is 5.65. The Morgan fingerprint density at radius 2 is 1.94 bits per heavy atom. The third kappa shape index (κ3) is 2.27. The van der Waals surface area contributed by atoms with E-state index in [1.54, 1.807) is 5.57 Å². The van der Waals surface area contributed by atoms with Crippen LogP contribution in [0.3, 0.4) is 0 Å². The minimum Gasteiger partial charge on any atom is -0.396 e. The predicted octanol–water partition coefficient (Wildman–Crippen LogP) is 4.41. The molecule has 0 aromatic rings. The smallest absolute Gasteiger partial charge is 0.0493 e. The topological polar surface area (TPSA) is 20.2 Å². The zero-order chi connectivity index (χ0) is 13.6. The average molecular weight is 250 g/mol. The van der Waals surface area contributed by atoms with Crippen molar-refractivity contribution in [2.75, 3.05) is 6.61 Å². The monoisotopic (exact) mass is 250 g/mol. The molecule has 0 amide bonds. The maximum absolute atomic E-state index is 9.54. The van der Waals surface area contributed by atoms with Crippen molar-refractivity contribution in [1.82, 2.24) is 0 Å². The average Bonchev–Trinajstić information content (AvgIpc) is 2.28. The summed E-state index contributed by atoms with van der Waals surface area (Å²) in [6, 6.07) is 0. The summed E-state index contributed by atoms with van der Waals surface area (Å²) >= 11 is 0. The number of rotatable bonds is 2. The highest BCUT2D eigenvalue weighted by Gasteiger charge is 2.49. The van der Waals surface area contributed by atoms with Crippen molar-refractivity contribution < 1.29 is 5.11 Å². The van der Waals surface area contributed by atoms with E-state index in [9.17, 15) is 5.11 Å². The lowest BCUT2D eigenvalue weighted by atomic mass is 9.50. The van der Waals surface area contributed by atoms with Gasteiger partial charge in [-0.25, -0.2) is 0 Å². The third-order valence-corrected chi connectivity index (χ3v) is 5.65. The van der Waals surface area contributed by atoms with Gasteiger partial charge in [0.25, 0.3) is 0 Å². The fourth-order valence-electron chi connectivity index (χ4n) is 4.44. The molecule has 1 saturated carbocycles. The van der Waals surface area contributed by atoms with Crippen LogP contribution in [0.1, 0.15) is 60.3 Å². The van der Waals surface area contributed by atoms with E-state index < -0.39 is 0 Å². The standard InChI is InChI=1S/C17H30O/c1-12(11-18)13-8-10-16(2,3)14-7-6-9-17(4,5)15(13)14/h8,12,14-15,18H,6-7,9-11H2,1-5H3. The summed E-state index contributed by atoms with van der Waals surface area (Å²) in [5.74, 6) is 1.82. The molecular weight excluding hydrogens is 220 g/mol. The second-order valence-corrected chi connectivity index (χ2v) is 7.95. The predicted molar refractivity (Wildman–Crippen MR) is 77.3 cm³/mol. The van der Waals surface area contributed by atoms with Crippen molar-refractivity contribution in [3.63, 3.8) is 0 Å². The molecule has 0 aromatic heterocycles. The minimum atomic E-state index is 0.297. The van der Waals surface area contributed by atoms with E-state index in [1.165, 1.54) is 25.7 Å². The zero-order valence-corrected chi connectivity index (χ0v) is 12.8. The molecule has 104 valence electrons. The van der Waals surface area contributed by atoms with Crippen molar-refractivity contribution in [2.24, 2.45) is 28.6 Å².